The lowest BCUT2D eigenvalue weighted by Gasteiger charge is -2.26. The highest BCUT2D eigenvalue weighted by Crippen LogP contribution is 2.26. The quantitative estimate of drug-likeness (QED) is 0.817. The number of aliphatic hydroxyl groups is 1. The summed E-state index contributed by atoms with van der Waals surface area (Å²) < 4.78 is 26.2. The first kappa shape index (κ1) is 15.9. The van der Waals surface area contributed by atoms with Gasteiger partial charge in [0.15, 0.2) is 0 Å². The molecule has 0 amide bonds. The molecular weight excluding hydrogens is 264 g/mol. The molecule has 108 valence electrons. The molecule has 0 aliphatic rings. The Hall–Kier alpha value is -1.11. The fourth-order valence-electron chi connectivity index (χ4n) is 2.18. The number of nitrogens with zero attached hydrogens (tertiary/aromatic N) is 1. The molecule has 0 aliphatic carbocycles. The zero-order chi connectivity index (χ0) is 15.0. The number of nitrogens with two attached hydrogens (primary N) is 1. The fourth-order valence-corrected chi connectivity index (χ4v) is 3.91. The van der Waals surface area contributed by atoms with E-state index in [2.05, 4.69) is 0 Å². The molecule has 1 aromatic rings. The van der Waals surface area contributed by atoms with Crippen LogP contribution in [0.5, 0.6) is 0 Å². The molecule has 0 spiro atoms. The number of nitrogen functional groups attached to an aromatic ring is 1. The van der Waals surface area contributed by atoms with Crippen LogP contribution in [0.15, 0.2) is 17.0 Å². The lowest BCUT2D eigenvalue weighted by atomic mass is 10.1. The monoisotopic (exact) mass is 286 g/mol. The molecular formula is C13H22N2O3S. The summed E-state index contributed by atoms with van der Waals surface area (Å²) in [6.45, 7) is 6.60. The number of rotatable bonds is 4. The Labute approximate surface area is 115 Å². The molecule has 6 heteroatoms. The summed E-state index contributed by atoms with van der Waals surface area (Å²) in [5.74, 6) is 0. The van der Waals surface area contributed by atoms with Crippen LogP contribution in [-0.2, 0) is 10.0 Å². The Morgan fingerprint density at radius 1 is 1.26 bits per heavy atom. The number of hydrogen-bond acceptors (Lipinski definition) is 4. The third kappa shape index (κ3) is 3.68. The fraction of sp³-hybridized carbons (Fsp3) is 0.538. The van der Waals surface area contributed by atoms with Gasteiger partial charge in [0.05, 0.1) is 10.5 Å². The van der Waals surface area contributed by atoms with E-state index in [0.717, 1.165) is 0 Å². The molecule has 0 fully saturated rings. The molecule has 0 aliphatic heterocycles. The van der Waals surface area contributed by atoms with Crippen LogP contribution in [0.25, 0.3) is 0 Å². The largest absolute Gasteiger partial charge is 0.399 e. The van der Waals surface area contributed by atoms with Gasteiger partial charge in [0, 0.05) is 19.3 Å². The molecule has 0 heterocycles. The molecule has 0 unspecified atom stereocenters. The van der Waals surface area contributed by atoms with E-state index in [0.29, 0.717) is 16.8 Å². The van der Waals surface area contributed by atoms with Gasteiger partial charge >= 0.3 is 0 Å². The summed E-state index contributed by atoms with van der Waals surface area (Å²) in [5.41, 5.74) is 6.38. The predicted molar refractivity (Wildman–Crippen MR) is 76.4 cm³/mol. The van der Waals surface area contributed by atoms with Crippen molar-refractivity contribution >= 4 is 15.7 Å². The second-order valence-electron chi connectivity index (χ2n) is 5.56. The van der Waals surface area contributed by atoms with E-state index >= 15 is 0 Å². The van der Waals surface area contributed by atoms with Crippen LogP contribution in [-0.4, -0.2) is 37.0 Å². The number of aryl methyl sites for hydroxylation is 2. The maximum absolute atomic E-state index is 12.5. The Kier molecular flexibility index (Phi) is 4.29. The summed E-state index contributed by atoms with van der Waals surface area (Å²) >= 11 is 0. The van der Waals surface area contributed by atoms with Gasteiger partial charge in [-0.2, -0.15) is 4.31 Å². The summed E-state index contributed by atoms with van der Waals surface area (Å²) in [5, 5.41) is 9.75. The number of benzene rings is 1. The molecule has 3 N–H and O–H groups in total. The molecule has 0 saturated carbocycles. The summed E-state index contributed by atoms with van der Waals surface area (Å²) in [4.78, 5) is 0.258. The highest BCUT2D eigenvalue weighted by Gasteiger charge is 2.28. The van der Waals surface area contributed by atoms with Crippen LogP contribution < -0.4 is 5.73 Å². The minimum absolute atomic E-state index is 0.0264. The first-order valence-electron chi connectivity index (χ1n) is 6.00. The van der Waals surface area contributed by atoms with Crippen molar-refractivity contribution in [3.05, 3.63) is 23.3 Å². The van der Waals surface area contributed by atoms with Gasteiger partial charge in [0.2, 0.25) is 10.0 Å². The first-order valence-corrected chi connectivity index (χ1v) is 7.44. The molecule has 0 atom stereocenters. The molecule has 1 aromatic carbocycles. The van der Waals surface area contributed by atoms with Gasteiger partial charge in [-0.1, -0.05) is 0 Å². The van der Waals surface area contributed by atoms with Crippen molar-refractivity contribution in [1.82, 2.24) is 4.31 Å². The maximum atomic E-state index is 12.5. The average Bonchev–Trinajstić information content (AvgIpc) is 2.11. The molecule has 5 nitrogen and oxygen atoms in total. The van der Waals surface area contributed by atoms with Gasteiger partial charge in [-0.25, -0.2) is 8.42 Å². The Morgan fingerprint density at radius 3 is 2.05 bits per heavy atom. The van der Waals surface area contributed by atoms with Crippen LogP contribution in [0.2, 0.25) is 0 Å². The zero-order valence-electron chi connectivity index (χ0n) is 12.1. The minimum atomic E-state index is -3.63. The van der Waals surface area contributed by atoms with Gasteiger partial charge in [-0.3, -0.25) is 0 Å². The van der Waals surface area contributed by atoms with E-state index in [1.807, 2.05) is 0 Å². The van der Waals surface area contributed by atoms with E-state index in [1.54, 1.807) is 39.8 Å². The normalized spacial score (nSPS) is 13.0. The zero-order valence-corrected chi connectivity index (χ0v) is 12.9. The van der Waals surface area contributed by atoms with E-state index in [4.69, 9.17) is 5.73 Å². The Balaban J connectivity index is 3.29. The molecule has 0 saturated heterocycles. The summed E-state index contributed by atoms with van der Waals surface area (Å²) in [6, 6.07) is 3.27. The maximum Gasteiger partial charge on any atom is 0.243 e. The lowest BCUT2D eigenvalue weighted by molar-refractivity contribution is 0.0639. The number of likely N-dealkylation sites (N-methyl/N-ethyl adjacent to an activating group) is 1. The molecule has 0 radical (unpaired) electrons. The number of sulfonamides is 1. The van der Waals surface area contributed by atoms with Gasteiger partial charge in [0.25, 0.3) is 0 Å². The van der Waals surface area contributed by atoms with Crippen LogP contribution in [0, 0.1) is 13.8 Å². The van der Waals surface area contributed by atoms with Crippen molar-refractivity contribution in [3.63, 3.8) is 0 Å². The summed E-state index contributed by atoms with van der Waals surface area (Å²) in [6.07, 6.45) is 0. The van der Waals surface area contributed by atoms with Crippen molar-refractivity contribution in [2.24, 2.45) is 0 Å². The smallest absolute Gasteiger partial charge is 0.243 e. The van der Waals surface area contributed by atoms with Crippen LogP contribution in [0.1, 0.15) is 25.0 Å². The van der Waals surface area contributed by atoms with Crippen LogP contribution >= 0.6 is 0 Å². The van der Waals surface area contributed by atoms with Crippen molar-refractivity contribution in [1.29, 1.82) is 0 Å². The van der Waals surface area contributed by atoms with Gasteiger partial charge in [0.1, 0.15) is 0 Å². The van der Waals surface area contributed by atoms with E-state index in [9.17, 15) is 13.5 Å². The Bertz CT molecular complexity index is 551. The second kappa shape index (κ2) is 5.11. The standard InChI is InChI=1S/C13H22N2O3S/c1-9-6-11(14)7-10(2)12(9)19(17,18)15(5)8-13(3,4)16/h6-7,16H,8,14H2,1-5H3. The molecule has 0 bridgehead atoms. The van der Waals surface area contributed by atoms with Crippen molar-refractivity contribution < 1.29 is 13.5 Å². The second-order valence-corrected chi connectivity index (χ2v) is 7.54. The molecule has 1 rings (SSSR count). The number of hydrogen-bond donors (Lipinski definition) is 2. The van der Waals surface area contributed by atoms with Crippen molar-refractivity contribution in [2.75, 3.05) is 19.3 Å². The lowest BCUT2D eigenvalue weighted by Crippen LogP contribution is -2.40. The van der Waals surface area contributed by atoms with Gasteiger partial charge in [-0.05, 0) is 51.0 Å². The third-order valence-corrected chi connectivity index (χ3v) is 4.87. The minimum Gasteiger partial charge on any atom is -0.399 e. The highest BCUT2D eigenvalue weighted by molar-refractivity contribution is 7.89. The van der Waals surface area contributed by atoms with Crippen molar-refractivity contribution in [2.45, 2.75) is 38.2 Å². The average molecular weight is 286 g/mol. The summed E-state index contributed by atoms with van der Waals surface area (Å²) in [7, 11) is -2.17. The molecule has 19 heavy (non-hydrogen) atoms. The van der Waals surface area contributed by atoms with E-state index in [-0.39, 0.29) is 11.4 Å². The number of anilines is 1. The highest BCUT2D eigenvalue weighted by atomic mass is 32.2. The SMILES string of the molecule is Cc1cc(N)cc(C)c1S(=O)(=O)N(C)CC(C)(C)O. The van der Waals surface area contributed by atoms with E-state index in [1.165, 1.54) is 11.4 Å². The topological polar surface area (TPSA) is 83.6 Å². The molecule has 0 aromatic heterocycles. The van der Waals surface area contributed by atoms with E-state index < -0.39 is 15.6 Å². The predicted octanol–water partition coefficient (Wildman–Crippen LogP) is 1.28. The first-order chi connectivity index (χ1) is 8.45. The van der Waals surface area contributed by atoms with Gasteiger partial charge in [-0.15, -0.1) is 0 Å². The third-order valence-electron chi connectivity index (χ3n) is 2.76. The van der Waals surface area contributed by atoms with Gasteiger partial charge < -0.3 is 10.8 Å². The Morgan fingerprint density at radius 2 is 1.68 bits per heavy atom. The van der Waals surface area contributed by atoms with Crippen LogP contribution in [0.4, 0.5) is 5.69 Å². The van der Waals surface area contributed by atoms with Crippen molar-refractivity contribution in [3.8, 4) is 0 Å². The van der Waals surface area contributed by atoms with Crippen LogP contribution in [0.3, 0.4) is 0 Å².